The molecule has 7 heteroatoms. The predicted molar refractivity (Wildman–Crippen MR) is 113 cm³/mol. The average Bonchev–Trinajstić information content (AvgIpc) is 3.13. The first-order valence-electron chi connectivity index (χ1n) is 9.61. The van der Waals surface area contributed by atoms with Gasteiger partial charge >= 0.3 is 0 Å². The van der Waals surface area contributed by atoms with Gasteiger partial charge in [-0.2, -0.15) is 9.64 Å². The van der Waals surface area contributed by atoms with Gasteiger partial charge in [0.25, 0.3) is 0 Å². The number of rotatable bonds is 4. The lowest BCUT2D eigenvalue weighted by Gasteiger charge is -2.33. The number of anilines is 1. The van der Waals surface area contributed by atoms with Gasteiger partial charge in [0.2, 0.25) is 0 Å². The molecule has 4 rings (SSSR count). The molecule has 1 aromatic carbocycles. The summed E-state index contributed by atoms with van der Waals surface area (Å²) in [6.07, 6.45) is 3.83. The highest BCUT2D eigenvalue weighted by Crippen LogP contribution is 2.33. The quantitative estimate of drug-likeness (QED) is 0.519. The minimum Gasteiger partial charge on any atom is -0.372 e. The third kappa shape index (κ3) is 3.73. The predicted octanol–water partition coefficient (Wildman–Crippen LogP) is 5.91. The van der Waals surface area contributed by atoms with Crippen LogP contribution >= 0.6 is 11.5 Å². The van der Waals surface area contributed by atoms with Crippen molar-refractivity contribution in [2.24, 2.45) is 16.1 Å². The number of azo groups is 1. The third-order valence-electron chi connectivity index (χ3n) is 5.43. The smallest absolute Gasteiger partial charge is 0.175 e. The van der Waals surface area contributed by atoms with Crippen molar-refractivity contribution in [3.8, 4) is 6.07 Å². The maximum Gasteiger partial charge on any atom is 0.175 e. The lowest BCUT2D eigenvalue weighted by Crippen LogP contribution is -2.33. The van der Waals surface area contributed by atoms with Gasteiger partial charge in [0.05, 0.1) is 22.3 Å². The summed E-state index contributed by atoms with van der Waals surface area (Å²) in [5, 5.41) is 19.4. The number of hydrogen-bond acceptors (Lipinski definition) is 7. The summed E-state index contributed by atoms with van der Waals surface area (Å²) in [4.78, 5) is 6.81. The minimum absolute atomic E-state index is 0.542. The van der Waals surface area contributed by atoms with Crippen molar-refractivity contribution in [1.29, 1.82) is 5.26 Å². The maximum atomic E-state index is 9.21. The van der Waals surface area contributed by atoms with Crippen LogP contribution in [0, 0.1) is 24.2 Å². The first-order valence-corrected chi connectivity index (χ1v) is 10.4. The molecule has 0 amide bonds. The molecule has 0 atom stereocenters. The van der Waals surface area contributed by atoms with E-state index in [2.05, 4.69) is 49.6 Å². The van der Waals surface area contributed by atoms with Crippen molar-refractivity contribution in [2.75, 3.05) is 18.0 Å². The molecule has 6 nitrogen and oxygen atoms in total. The molecule has 2 aromatic heterocycles. The fourth-order valence-corrected chi connectivity index (χ4v) is 4.21. The molecular formula is C21H22N6S. The molecule has 28 heavy (non-hydrogen) atoms. The number of nitrogens with zero attached hydrogens (tertiary/aromatic N) is 6. The van der Waals surface area contributed by atoms with Crippen molar-refractivity contribution < 1.29 is 0 Å². The van der Waals surface area contributed by atoms with E-state index in [4.69, 9.17) is 0 Å². The Balaban J connectivity index is 1.50. The molecule has 0 aliphatic carbocycles. The summed E-state index contributed by atoms with van der Waals surface area (Å²) in [7, 11) is 0. The van der Waals surface area contributed by atoms with E-state index in [9.17, 15) is 5.26 Å². The number of hydrogen-bond donors (Lipinski definition) is 0. The van der Waals surface area contributed by atoms with Crippen molar-refractivity contribution in [2.45, 2.75) is 33.1 Å². The minimum atomic E-state index is 0.542. The molecule has 1 saturated heterocycles. The van der Waals surface area contributed by atoms with Crippen LogP contribution in [0.25, 0.3) is 11.0 Å². The molecule has 1 aliphatic heterocycles. The molecule has 3 heterocycles. The Kier molecular flexibility index (Phi) is 5.31. The molecule has 0 radical (unpaired) electrons. The standard InChI is InChI=1S/C21H22N6S/c1-3-15-8-10-27(11-9-15)18-6-4-17(5-7-18)24-25-21-19-12-16(13-22)14(2)23-20(19)26-28-21/h4-7,12,15H,3,8-11H2,1-2H3. The summed E-state index contributed by atoms with van der Waals surface area (Å²) in [5.74, 6) is 0.873. The Morgan fingerprint density at radius 1 is 1.21 bits per heavy atom. The van der Waals surface area contributed by atoms with Gasteiger partial charge < -0.3 is 4.90 Å². The second-order valence-corrected chi connectivity index (χ2v) is 7.90. The second-order valence-electron chi connectivity index (χ2n) is 7.15. The summed E-state index contributed by atoms with van der Waals surface area (Å²) < 4.78 is 4.32. The molecule has 0 unspecified atom stereocenters. The highest BCUT2D eigenvalue weighted by Gasteiger charge is 2.17. The zero-order chi connectivity index (χ0) is 19.5. The van der Waals surface area contributed by atoms with Gasteiger partial charge in [-0.15, -0.1) is 10.2 Å². The molecule has 1 aliphatic rings. The maximum absolute atomic E-state index is 9.21. The van der Waals surface area contributed by atoms with Gasteiger partial charge in [-0.3, -0.25) is 0 Å². The lowest BCUT2D eigenvalue weighted by atomic mass is 9.94. The molecule has 142 valence electrons. The number of fused-ring (bicyclic) bond motifs is 1. The lowest BCUT2D eigenvalue weighted by molar-refractivity contribution is 0.395. The molecular weight excluding hydrogens is 368 g/mol. The number of aryl methyl sites for hydroxylation is 1. The fourth-order valence-electron chi connectivity index (χ4n) is 3.57. The first kappa shape index (κ1) is 18.5. The van der Waals surface area contributed by atoms with E-state index < -0.39 is 0 Å². The largest absolute Gasteiger partial charge is 0.372 e. The number of nitriles is 1. The molecule has 0 spiro atoms. The number of pyridine rings is 1. The van der Waals surface area contributed by atoms with Gasteiger partial charge in [-0.1, -0.05) is 13.3 Å². The first-order chi connectivity index (χ1) is 13.7. The van der Waals surface area contributed by atoms with E-state index in [0.717, 1.165) is 30.1 Å². The van der Waals surface area contributed by atoms with Crippen LogP contribution in [0.4, 0.5) is 16.4 Å². The van der Waals surface area contributed by atoms with Crippen LogP contribution in [0.5, 0.6) is 0 Å². The molecule has 0 bridgehead atoms. The van der Waals surface area contributed by atoms with Gasteiger partial charge in [0.1, 0.15) is 6.07 Å². The summed E-state index contributed by atoms with van der Waals surface area (Å²) >= 11 is 1.25. The van der Waals surface area contributed by atoms with Crippen LogP contribution in [-0.2, 0) is 0 Å². The van der Waals surface area contributed by atoms with Crippen molar-refractivity contribution in [3.05, 3.63) is 41.6 Å². The molecule has 3 aromatic rings. The average molecular weight is 391 g/mol. The van der Waals surface area contributed by atoms with Gasteiger partial charge in [-0.25, -0.2) is 4.98 Å². The van der Waals surface area contributed by atoms with Crippen LogP contribution in [0.15, 0.2) is 40.6 Å². The number of benzene rings is 1. The van der Waals surface area contributed by atoms with Crippen molar-refractivity contribution in [3.63, 3.8) is 0 Å². The van der Waals surface area contributed by atoms with Crippen molar-refractivity contribution >= 4 is 38.9 Å². The monoisotopic (exact) mass is 390 g/mol. The topological polar surface area (TPSA) is 77.5 Å². The number of piperidine rings is 1. The highest BCUT2D eigenvalue weighted by atomic mass is 32.1. The zero-order valence-electron chi connectivity index (χ0n) is 16.1. The van der Waals surface area contributed by atoms with E-state index >= 15 is 0 Å². The van der Waals surface area contributed by atoms with E-state index in [0.29, 0.717) is 21.9 Å². The van der Waals surface area contributed by atoms with E-state index in [-0.39, 0.29) is 0 Å². The van der Waals surface area contributed by atoms with Crippen LogP contribution in [0.1, 0.15) is 37.4 Å². The molecule has 0 N–H and O–H groups in total. The molecule has 1 fully saturated rings. The Morgan fingerprint density at radius 2 is 1.96 bits per heavy atom. The van der Waals surface area contributed by atoms with Gasteiger partial charge in [0, 0.05) is 18.8 Å². The molecule has 0 saturated carbocycles. The summed E-state index contributed by atoms with van der Waals surface area (Å²) in [6.45, 7) is 6.34. The van der Waals surface area contributed by atoms with Gasteiger partial charge in [0.15, 0.2) is 10.6 Å². The Hall–Kier alpha value is -2.85. The van der Waals surface area contributed by atoms with Crippen molar-refractivity contribution in [1.82, 2.24) is 9.36 Å². The number of aromatic nitrogens is 2. The summed E-state index contributed by atoms with van der Waals surface area (Å²) in [5.41, 5.74) is 3.88. The third-order valence-corrected chi connectivity index (χ3v) is 6.16. The van der Waals surface area contributed by atoms with E-state index in [1.807, 2.05) is 19.1 Å². The SMILES string of the molecule is CCC1CCN(c2ccc(N=Nc3snc4nc(C)c(C#N)cc34)cc2)CC1. The normalized spacial score (nSPS) is 15.4. The van der Waals surface area contributed by atoms with Crippen LogP contribution in [-0.4, -0.2) is 22.4 Å². The van der Waals surface area contributed by atoms with Crippen LogP contribution < -0.4 is 4.90 Å². The van der Waals surface area contributed by atoms with Crippen LogP contribution in [0.3, 0.4) is 0 Å². The summed E-state index contributed by atoms with van der Waals surface area (Å²) in [6, 6.07) is 12.2. The zero-order valence-corrected chi connectivity index (χ0v) is 16.9. The Morgan fingerprint density at radius 3 is 2.64 bits per heavy atom. The van der Waals surface area contributed by atoms with Crippen LogP contribution in [0.2, 0.25) is 0 Å². The van der Waals surface area contributed by atoms with Gasteiger partial charge in [-0.05, 0) is 67.5 Å². The second kappa shape index (κ2) is 8.03. The Labute approximate surface area is 168 Å². The van der Waals surface area contributed by atoms with E-state index in [1.165, 1.54) is 36.5 Å². The highest BCUT2D eigenvalue weighted by molar-refractivity contribution is 7.11. The fraction of sp³-hybridized carbons (Fsp3) is 0.381. The van der Waals surface area contributed by atoms with E-state index in [1.54, 1.807) is 6.07 Å². The Bertz CT molecular complexity index is 1040.